The molecule has 0 saturated heterocycles. The number of urea groups is 1. The summed E-state index contributed by atoms with van der Waals surface area (Å²) < 4.78 is 82.2. The van der Waals surface area contributed by atoms with Crippen LogP contribution in [0.15, 0.2) is 25.3 Å². The summed E-state index contributed by atoms with van der Waals surface area (Å²) in [6, 6.07) is -1.88. The lowest BCUT2D eigenvalue weighted by atomic mass is 9.91. The molecule has 20 heteroatoms. The lowest BCUT2D eigenvalue weighted by Crippen LogP contribution is -2.41. The predicted molar refractivity (Wildman–Crippen MR) is 463 cm³/mol. The van der Waals surface area contributed by atoms with E-state index in [1.54, 1.807) is 0 Å². The molecule has 18 nitrogen and oxygen atoms in total. The van der Waals surface area contributed by atoms with Gasteiger partial charge in [0.15, 0.2) is 0 Å². The van der Waals surface area contributed by atoms with Gasteiger partial charge in [0.2, 0.25) is 11.8 Å². The van der Waals surface area contributed by atoms with E-state index in [0.29, 0.717) is 32.0 Å². The van der Waals surface area contributed by atoms with Crippen molar-refractivity contribution in [1.82, 2.24) is 21.3 Å². The number of phosphoric ester groups is 2. The van der Waals surface area contributed by atoms with E-state index in [2.05, 4.69) is 76.0 Å². The number of hydrogen-bond donors (Lipinski definition) is 4. The van der Waals surface area contributed by atoms with Crippen molar-refractivity contribution < 1.29 is 64.9 Å². The summed E-state index contributed by atoms with van der Waals surface area (Å²) in [5, 5.41) is 11.6. The summed E-state index contributed by atoms with van der Waals surface area (Å²) in [5.74, 6) is 0.332. The average Bonchev–Trinajstić information content (AvgIpc) is 0.890. The van der Waals surface area contributed by atoms with Crippen LogP contribution >= 0.6 is 15.6 Å². The third-order valence-electron chi connectivity index (χ3n) is 20.9. The Bertz CT molecular complexity index is 1960. The number of rotatable bonds is 92. The highest BCUT2D eigenvalue weighted by atomic mass is 31.2. The van der Waals surface area contributed by atoms with Gasteiger partial charge in [-0.1, -0.05) is 388 Å². The van der Waals surface area contributed by atoms with E-state index < -0.39 is 33.8 Å². The molecular formula is C90H178N4O14P2. The minimum absolute atomic E-state index is 0.0769. The standard InChI is InChI=1S/C90H178N4O14P2/c1-9-17-23-29-33-37-41-44-48-54-59-65-84(64-58-52-27-21-13-5)69-76-100-80-85(93-88(95)67-61-55-49-45-42-38-34-30-24-18-10-2)82-107-109(98,103-73-15-7)105-78-71-91-90(97)92-72-79-106-110(99,104-74-16-8)108-83-86(94-89(96)68-62-56-50-46-43-39-35-31-25-19-11-3)81-101-77-70-87(66-60-53-28-22-14-6)102-75-63-57-51-47-40-36-32-26-20-12-4/h15-16,84-87H,7-14,17-83H2,1-6H3,(H,93,95)(H,94,96)(H2,91,92,97)/t84-,85-,86-,87+,109?,110?/m1/s1. The fraction of sp³-hybridized carbons (Fsp3) is 0.922. The summed E-state index contributed by atoms with van der Waals surface area (Å²) in [6.45, 7) is 21.7. The molecule has 0 aromatic carbocycles. The van der Waals surface area contributed by atoms with Crippen molar-refractivity contribution in [2.75, 3.05) is 85.8 Å². The van der Waals surface area contributed by atoms with Crippen molar-refractivity contribution in [3.8, 4) is 0 Å². The Kier molecular flexibility index (Phi) is 83.0. The first-order chi connectivity index (χ1) is 53.9. The van der Waals surface area contributed by atoms with Gasteiger partial charge in [-0.25, -0.2) is 13.9 Å². The highest BCUT2D eigenvalue weighted by molar-refractivity contribution is 7.48. The van der Waals surface area contributed by atoms with E-state index in [9.17, 15) is 23.5 Å². The quantitative estimate of drug-likeness (QED) is 0.0253. The van der Waals surface area contributed by atoms with E-state index in [-0.39, 0.29) is 83.9 Å². The molecule has 0 heterocycles. The molecule has 0 aliphatic rings. The smallest absolute Gasteiger partial charge is 0.379 e. The third kappa shape index (κ3) is 75.8. The zero-order chi connectivity index (χ0) is 80.3. The molecule has 6 atom stereocenters. The first-order valence-electron chi connectivity index (χ1n) is 46.5. The molecule has 0 rings (SSSR count). The van der Waals surface area contributed by atoms with Gasteiger partial charge < -0.3 is 35.5 Å². The summed E-state index contributed by atoms with van der Waals surface area (Å²) >= 11 is 0. The fourth-order valence-corrected chi connectivity index (χ4v) is 16.3. The average molecular weight is 1600 g/mol. The molecule has 0 aliphatic carbocycles. The SMILES string of the molecule is C=CCOP(=O)(OCCNC(=O)NCCOP(=O)(OCC=C)OC[C@@H](COCC[C@H](CCCCCCC)OCCCCCCCCCCCC)NC(=O)CCCCCCCCCCCCC)OC[C@@H](COCC[C@H](CCCCCCC)CCCCCCCCCCCCC)NC(=O)CCCCCCCCCCCCC. The first kappa shape index (κ1) is 108. The predicted octanol–water partition coefficient (Wildman–Crippen LogP) is 26.5. The number of carbonyl (C=O) groups excluding carboxylic acids is 3. The van der Waals surface area contributed by atoms with Crippen LogP contribution in [0.3, 0.4) is 0 Å². The highest BCUT2D eigenvalue weighted by Crippen LogP contribution is 2.50. The Morgan fingerprint density at radius 2 is 0.600 bits per heavy atom. The Labute approximate surface area is 678 Å². The Hall–Kier alpha value is -2.21. The summed E-state index contributed by atoms with van der Waals surface area (Å²) in [5.41, 5.74) is 0. The van der Waals surface area contributed by atoms with Crippen LogP contribution in [0.5, 0.6) is 0 Å². The lowest BCUT2D eigenvalue weighted by Gasteiger charge is -2.23. The number of nitrogens with one attached hydrogen (secondary N) is 4. The molecule has 0 aromatic rings. The Morgan fingerprint density at radius 3 is 0.927 bits per heavy atom. The number of ether oxygens (including phenoxy) is 3. The molecule has 0 aliphatic heterocycles. The number of phosphoric acid groups is 2. The van der Waals surface area contributed by atoms with Crippen LogP contribution in [0.2, 0.25) is 0 Å². The van der Waals surface area contributed by atoms with Crippen molar-refractivity contribution in [1.29, 1.82) is 0 Å². The van der Waals surface area contributed by atoms with Gasteiger partial charge >= 0.3 is 21.7 Å². The van der Waals surface area contributed by atoms with Gasteiger partial charge in [0.25, 0.3) is 0 Å². The van der Waals surface area contributed by atoms with Gasteiger partial charge in [-0.2, -0.15) is 0 Å². The van der Waals surface area contributed by atoms with Gasteiger partial charge in [-0.15, -0.1) is 13.2 Å². The van der Waals surface area contributed by atoms with Crippen LogP contribution in [0.4, 0.5) is 4.79 Å². The molecule has 0 aromatic heterocycles. The van der Waals surface area contributed by atoms with Gasteiger partial charge in [-0.3, -0.25) is 36.7 Å². The van der Waals surface area contributed by atoms with E-state index in [4.69, 9.17) is 41.4 Å². The molecule has 4 amide bonds. The van der Waals surface area contributed by atoms with Crippen LogP contribution in [0, 0.1) is 5.92 Å². The first-order valence-corrected chi connectivity index (χ1v) is 49.4. The van der Waals surface area contributed by atoms with Crippen molar-refractivity contribution >= 4 is 33.5 Å². The highest BCUT2D eigenvalue weighted by Gasteiger charge is 2.31. The van der Waals surface area contributed by atoms with Crippen LogP contribution in [-0.4, -0.2) is 122 Å². The number of unbranched alkanes of at least 4 members (excludes halogenated alkanes) is 47. The monoisotopic (exact) mass is 1600 g/mol. The summed E-state index contributed by atoms with van der Waals surface area (Å²) in [7, 11) is -8.50. The van der Waals surface area contributed by atoms with E-state index in [1.807, 2.05) is 0 Å². The van der Waals surface area contributed by atoms with Crippen molar-refractivity contribution in [2.24, 2.45) is 5.92 Å². The topological polar surface area (TPSA) is 217 Å². The second-order valence-corrected chi connectivity index (χ2v) is 34.9. The minimum atomic E-state index is -4.26. The third-order valence-corrected chi connectivity index (χ3v) is 23.8. The summed E-state index contributed by atoms with van der Waals surface area (Å²) in [6.07, 6.45) is 74.4. The zero-order valence-electron chi connectivity index (χ0n) is 72.6. The van der Waals surface area contributed by atoms with E-state index in [0.717, 1.165) is 77.2 Å². The molecule has 0 bridgehead atoms. The molecule has 0 saturated carbocycles. The maximum Gasteiger partial charge on any atom is 0.475 e. The van der Waals surface area contributed by atoms with Crippen molar-refractivity contribution in [3.05, 3.63) is 25.3 Å². The Morgan fingerprint density at radius 1 is 0.309 bits per heavy atom. The van der Waals surface area contributed by atoms with Crippen LogP contribution in [0.1, 0.15) is 427 Å². The summed E-state index contributed by atoms with van der Waals surface area (Å²) in [4.78, 5) is 40.2. The van der Waals surface area contributed by atoms with Crippen molar-refractivity contribution in [3.63, 3.8) is 0 Å². The zero-order valence-corrected chi connectivity index (χ0v) is 74.4. The molecule has 0 radical (unpaired) electrons. The maximum absolute atomic E-state index is 14.2. The Balaban J connectivity index is 5.88. The number of carbonyl (C=O) groups is 3. The molecule has 2 unspecified atom stereocenters. The van der Waals surface area contributed by atoms with Crippen LogP contribution in [-0.2, 0) is 60.1 Å². The molecule has 0 fully saturated rings. The molecule has 110 heavy (non-hydrogen) atoms. The van der Waals surface area contributed by atoms with Gasteiger partial charge in [0.05, 0.1) is 71.0 Å². The number of amides is 4. The molecule has 652 valence electrons. The molecule has 4 N–H and O–H groups in total. The largest absolute Gasteiger partial charge is 0.475 e. The van der Waals surface area contributed by atoms with Crippen LogP contribution in [0.25, 0.3) is 0 Å². The second-order valence-electron chi connectivity index (χ2n) is 31.6. The molecule has 0 spiro atoms. The van der Waals surface area contributed by atoms with E-state index >= 15 is 0 Å². The lowest BCUT2D eigenvalue weighted by molar-refractivity contribution is -0.123. The maximum atomic E-state index is 14.2. The van der Waals surface area contributed by atoms with Crippen LogP contribution < -0.4 is 21.3 Å². The van der Waals surface area contributed by atoms with Gasteiger partial charge in [-0.05, 0) is 44.4 Å². The minimum Gasteiger partial charge on any atom is -0.379 e. The van der Waals surface area contributed by atoms with E-state index in [1.165, 1.54) is 314 Å². The fourth-order valence-electron chi connectivity index (χ4n) is 14.0. The normalized spacial score (nSPS) is 13.9. The molecular weight excluding hydrogens is 1420 g/mol. The van der Waals surface area contributed by atoms with Gasteiger partial charge in [0, 0.05) is 45.8 Å². The van der Waals surface area contributed by atoms with Crippen molar-refractivity contribution in [2.45, 2.75) is 445 Å². The number of hydrogen-bond acceptors (Lipinski definition) is 14. The second kappa shape index (κ2) is 84.7. The van der Waals surface area contributed by atoms with Gasteiger partial charge in [0.1, 0.15) is 0 Å².